The van der Waals surface area contributed by atoms with E-state index in [1.54, 1.807) is 36.7 Å². The molecule has 27 heavy (non-hydrogen) atoms. The minimum Gasteiger partial charge on any atom is -0.507 e. The van der Waals surface area contributed by atoms with Gasteiger partial charge < -0.3 is 10.2 Å². The minimum absolute atomic E-state index is 0.0710. The van der Waals surface area contributed by atoms with Gasteiger partial charge >= 0.3 is 0 Å². The summed E-state index contributed by atoms with van der Waals surface area (Å²) in [6, 6.07) is 6.75. The molecule has 0 aliphatic heterocycles. The number of nitrogens with zero attached hydrogens (tertiary/aromatic N) is 2. The average Bonchev–Trinajstić information content (AvgIpc) is 2.65. The highest BCUT2D eigenvalue weighted by molar-refractivity contribution is 5.91. The molecular formula is C21H22N2O4. The molecule has 0 spiro atoms. The predicted molar refractivity (Wildman–Crippen MR) is 106 cm³/mol. The first-order valence-corrected chi connectivity index (χ1v) is 8.53. The van der Waals surface area contributed by atoms with E-state index in [9.17, 15) is 19.8 Å². The molecule has 140 valence electrons. The summed E-state index contributed by atoms with van der Waals surface area (Å²) >= 11 is 0. The van der Waals surface area contributed by atoms with Crippen molar-refractivity contribution in [1.29, 1.82) is 0 Å². The van der Waals surface area contributed by atoms with Crippen LogP contribution in [0.25, 0.3) is 0 Å². The lowest BCUT2D eigenvalue weighted by atomic mass is 10.1. The zero-order valence-corrected chi connectivity index (χ0v) is 15.3. The quantitative estimate of drug-likeness (QED) is 0.425. The van der Waals surface area contributed by atoms with Crippen molar-refractivity contribution in [2.24, 2.45) is 9.98 Å². The molecule has 0 saturated carbocycles. The van der Waals surface area contributed by atoms with Gasteiger partial charge in [0.15, 0.2) is 12.6 Å². The van der Waals surface area contributed by atoms with Gasteiger partial charge in [-0.25, -0.2) is 0 Å². The second-order valence-corrected chi connectivity index (χ2v) is 6.24. The van der Waals surface area contributed by atoms with Crippen LogP contribution in [0.2, 0.25) is 0 Å². The molecule has 0 amide bonds. The van der Waals surface area contributed by atoms with Crippen molar-refractivity contribution >= 4 is 25.0 Å². The number of aromatic hydroxyl groups is 2. The maximum absolute atomic E-state index is 10.9. The molecule has 6 nitrogen and oxygen atoms in total. The Morgan fingerprint density at radius 3 is 1.48 bits per heavy atom. The van der Waals surface area contributed by atoms with Crippen molar-refractivity contribution in [2.75, 3.05) is 13.1 Å². The van der Waals surface area contributed by atoms with Crippen molar-refractivity contribution < 1.29 is 19.8 Å². The number of carbonyl (C=O) groups excluding carboxylic acids is 2. The number of aldehydes is 2. The lowest BCUT2D eigenvalue weighted by Crippen LogP contribution is -1.94. The van der Waals surface area contributed by atoms with Crippen LogP contribution in [-0.4, -0.2) is 48.3 Å². The zero-order valence-electron chi connectivity index (χ0n) is 15.3. The van der Waals surface area contributed by atoms with Crippen LogP contribution in [0.3, 0.4) is 0 Å². The summed E-state index contributed by atoms with van der Waals surface area (Å²) in [5, 5.41) is 20.0. The number of rotatable bonds is 8. The molecule has 6 heteroatoms. The number of phenolic OH excluding ortho intramolecular Hbond substituents is 2. The van der Waals surface area contributed by atoms with Crippen LogP contribution in [0.4, 0.5) is 0 Å². The summed E-state index contributed by atoms with van der Waals surface area (Å²) in [7, 11) is 0. The maximum atomic E-state index is 10.9. The molecule has 2 rings (SSSR count). The third-order valence-corrected chi connectivity index (χ3v) is 3.92. The van der Waals surface area contributed by atoms with Crippen molar-refractivity contribution in [2.45, 2.75) is 20.3 Å². The number of hydrogen-bond acceptors (Lipinski definition) is 6. The van der Waals surface area contributed by atoms with Crippen molar-refractivity contribution in [3.05, 3.63) is 57.6 Å². The van der Waals surface area contributed by atoms with E-state index in [0.717, 1.165) is 11.1 Å². The topological polar surface area (TPSA) is 99.3 Å². The fourth-order valence-corrected chi connectivity index (χ4v) is 2.63. The predicted octanol–water partition coefficient (Wildman–Crippen LogP) is 3.27. The Labute approximate surface area is 157 Å². The van der Waals surface area contributed by atoms with E-state index in [2.05, 4.69) is 9.98 Å². The van der Waals surface area contributed by atoms with Crippen LogP contribution in [0.5, 0.6) is 11.5 Å². The van der Waals surface area contributed by atoms with Gasteiger partial charge in [-0.3, -0.25) is 19.6 Å². The van der Waals surface area contributed by atoms with Crippen LogP contribution < -0.4 is 0 Å². The number of aryl methyl sites for hydroxylation is 2. The molecule has 0 radical (unpaired) electrons. The monoisotopic (exact) mass is 366 g/mol. The van der Waals surface area contributed by atoms with Gasteiger partial charge in [0.1, 0.15) is 11.5 Å². The first kappa shape index (κ1) is 20.0. The van der Waals surface area contributed by atoms with E-state index in [0.29, 0.717) is 43.2 Å². The normalized spacial score (nSPS) is 11.3. The average molecular weight is 366 g/mol. The summed E-state index contributed by atoms with van der Waals surface area (Å²) in [6.45, 7) is 4.69. The SMILES string of the molecule is Cc1cc(C=O)c(O)c(C=NCCCN=Cc2cc(C)cc(C=O)c2O)c1. The molecule has 0 aliphatic carbocycles. The van der Waals surface area contributed by atoms with Crippen LogP contribution >= 0.6 is 0 Å². The summed E-state index contributed by atoms with van der Waals surface area (Å²) < 4.78 is 0. The second kappa shape index (κ2) is 9.43. The van der Waals surface area contributed by atoms with Crippen LogP contribution in [-0.2, 0) is 0 Å². The molecule has 0 unspecified atom stereocenters. The van der Waals surface area contributed by atoms with Crippen LogP contribution in [0, 0.1) is 13.8 Å². The Balaban J connectivity index is 1.91. The summed E-state index contributed by atoms with van der Waals surface area (Å²) in [4.78, 5) is 30.4. The Hall–Kier alpha value is -3.28. The minimum atomic E-state index is -0.0710. The third-order valence-electron chi connectivity index (χ3n) is 3.92. The molecule has 0 saturated heterocycles. The van der Waals surface area contributed by atoms with Gasteiger partial charge in [0, 0.05) is 36.6 Å². The first-order valence-electron chi connectivity index (χ1n) is 8.53. The van der Waals surface area contributed by atoms with Gasteiger partial charge in [-0.1, -0.05) is 0 Å². The van der Waals surface area contributed by atoms with Crippen molar-refractivity contribution in [3.8, 4) is 11.5 Å². The van der Waals surface area contributed by atoms with Gasteiger partial charge in [-0.2, -0.15) is 0 Å². The van der Waals surface area contributed by atoms with Crippen molar-refractivity contribution in [1.82, 2.24) is 0 Å². The number of carbonyl (C=O) groups is 2. The third kappa shape index (κ3) is 5.34. The number of aliphatic imine (C=N–C) groups is 2. The van der Waals surface area contributed by atoms with Crippen LogP contribution in [0.15, 0.2) is 34.3 Å². The Bertz CT molecular complexity index is 828. The number of benzene rings is 2. The summed E-state index contributed by atoms with van der Waals surface area (Å²) in [5.41, 5.74) is 3.24. The van der Waals surface area contributed by atoms with E-state index >= 15 is 0 Å². The Morgan fingerprint density at radius 1 is 0.741 bits per heavy atom. The van der Waals surface area contributed by atoms with Crippen molar-refractivity contribution in [3.63, 3.8) is 0 Å². The fraction of sp³-hybridized carbons (Fsp3) is 0.238. The summed E-state index contributed by atoms with van der Waals surface area (Å²) in [6.07, 6.45) is 4.99. The largest absolute Gasteiger partial charge is 0.507 e. The Kier molecular flexibility index (Phi) is 7.00. The standard InChI is InChI=1S/C21H22N2O4/c1-14-6-16(20(26)18(8-14)12-24)10-22-4-3-5-23-11-17-7-15(2)9-19(13-25)21(17)27/h6-13,26-27H,3-5H2,1-2H3. The molecule has 2 aromatic rings. The molecular weight excluding hydrogens is 344 g/mol. The van der Waals surface area contributed by atoms with Gasteiger partial charge in [0.05, 0.1) is 11.1 Å². The highest BCUT2D eigenvalue weighted by Crippen LogP contribution is 2.22. The fourth-order valence-electron chi connectivity index (χ4n) is 2.63. The van der Waals surface area contributed by atoms with E-state index < -0.39 is 0 Å². The maximum Gasteiger partial charge on any atom is 0.153 e. The first-order chi connectivity index (χ1) is 13.0. The molecule has 0 atom stereocenters. The zero-order chi connectivity index (χ0) is 19.8. The summed E-state index contributed by atoms with van der Waals surface area (Å²) in [5.74, 6) is -0.142. The molecule has 0 aliphatic rings. The van der Waals surface area contributed by atoms with Gasteiger partial charge in [0.2, 0.25) is 0 Å². The van der Waals surface area contributed by atoms with E-state index in [4.69, 9.17) is 0 Å². The highest BCUT2D eigenvalue weighted by Gasteiger charge is 2.07. The number of phenols is 2. The highest BCUT2D eigenvalue weighted by atomic mass is 16.3. The Morgan fingerprint density at radius 2 is 1.11 bits per heavy atom. The second-order valence-electron chi connectivity index (χ2n) is 6.24. The lowest BCUT2D eigenvalue weighted by molar-refractivity contribution is 0.111. The number of hydrogen-bond donors (Lipinski definition) is 2. The molecule has 2 aromatic carbocycles. The van der Waals surface area contributed by atoms with E-state index in [1.165, 1.54) is 0 Å². The molecule has 0 aromatic heterocycles. The van der Waals surface area contributed by atoms with Gasteiger partial charge in [0.25, 0.3) is 0 Å². The lowest BCUT2D eigenvalue weighted by Gasteiger charge is -2.04. The molecule has 2 N–H and O–H groups in total. The molecule has 0 fully saturated rings. The van der Waals surface area contributed by atoms with Gasteiger partial charge in [-0.15, -0.1) is 0 Å². The van der Waals surface area contributed by atoms with E-state index in [-0.39, 0.29) is 22.6 Å². The van der Waals surface area contributed by atoms with E-state index in [1.807, 2.05) is 13.8 Å². The van der Waals surface area contributed by atoms with Crippen LogP contribution in [0.1, 0.15) is 49.4 Å². The smallest absolute Gasteiger partial charge is 0.153 e. The molecule has 0 heterocycles. The molecule has 0 bridgehead atoms. The van der Waals surface area contributed by atoms with Gasteiger partial charge in [-0.05, 0) is 55.7 Å².